The van der Waals surface area contributed by atoms with Gasteiger partial charge in [0.1, 0.15) is 23.4 Å². The number of imidazole rings is 1. The minimum atomic E-state index is -0.893. The van der Waals surface area contributed by atoms with E-state index in [9.17, 15) is 5.11 Å². The number of ether oxygens (including phenoxy) is 1. The lowest BCUT2D eigenvalue weighted by molar-refractivity contribution is -0.0163. The van der Waals surface area contributed by atoms with Gasteiger partial charge in [0.15, 0.2) is 5.65 Å². The molecule has 2 heterocycles. The Balaban J connectivity index is 2.18. The van der Waals surface area contributed by atoms with E-state index in [2.05, 4.69) is 15.0 Å². The molecule has 0 aliphatic rings. The molecule has 0 saturated heterocycles. The van der Waals surface area contributed by atoms with Gasteiger partial charge in [0.25, 0.3) is 0 Å². The lowest BCUT2D eigenvalue weighted by Gasteiger charge is -2.09. The number of thioether (sulfide) groups is 1. The van der Waals surface area contributed by atoms with Crippen LogP contribution < -0.4 is 5.73 Å². The molecule has 0 amide bonds. The molecule has 2 aromatic rings. The van der Waals surface area contributed by atoms with Crippen molar-refractivity contribution in [1.29, 1.82) is 0 Å². The average Bonchev–Trinajstić information content (AvgIpc) is 2.82. The van der Waals surface area contributed by atoms with Crippen molar-refractivity contribution in [2.45, 2.75) is 24.8 Å². The molecule has 1 unspecified atom stereocenters. The Kier molecular flexibility index (Phi) is 5.12. The largest absolute Gasteiger partial charge is 0.394 e. The highest BCUT2D eigenvalue weighted by Gasteiger charge is 2.12. The number of hydrogen-bond acceptors (Lipinski definition) is 8. The Morgan fingerprint density at radius 3 is 3.00 bits per heavy atom. The van der Waals surface area contributed by atoms with E-state index >= 15 is 0 Å². The summed E-state index contributed by atoms with van der Waals surface area (Å²) in [5.41, 5.74) is 6.96. The van der Waals surface area contributed by atoms with Gasteiger partial charge in [-0.05, 0) is 5.75 Å². The number of aliphatic hydroxyl groups is 2. The van der Waals surface area contributed by atoms with Crippen molar-refractivity contribution >= 4 is 28.9 Å². The van der Waals surface area contributed by atoms with Crippen molar-refractivity contribution in [2.75, 3.05) is 24.7 Å². The topological polar surface area (TPSA) is 119 Å². The van der Waals surface area contributed by atoms with Crippen molar-refractivity contribution in [1.82, 2.24) is 19.5 Å². The van der Waals surface area contributed by atoms with E-state index in [-0.39, 0.29) is 25.9 Å². The summed E-state index contributed by atoms with van der Waals surface area (Å²) in [5.74, 6) is 1.04. The van der Waals surface area contributed by atoms with E-state index in [1.165, 1.54) is 0 Å². The van der Waals surface area contributed by atoms with Crippen LogP contribution in [0.3, 0.4) is 0 Å². The van der Waals surface area contributed by atoms with Gasteiger partial charge in [-0.15, -0.1) is 11.8 Å². The Hall–Kier alpha value is -1.42. The van der Waals surface area contributed by atoms with Crippen molar-refractivity contribution < 1.29 is 14.9 Å². The number of hydrogen-bond donors (Lipinski definition) is 3. The summed E-state index contributed by atoms with van der Waals surface area (Å²) in [4.78, 5) is 12.6. The molecule has 0 aliphatic heterocycles. The Morgan fingerprint density at radius 2 is 2.30 bits per heavy atom. The minimum Gasteiger partial charge on any atom is -0.394 e. The van der Waals surface area contributed by atoms with Gasteiger partial charge in [-0.25, -0.2) is 9.97 Å². The number of nitrogens with two attached hydrogens (primary N) is 1. The van der Waals surface area contributed by atoms with E-state index in [0.717, 1.165) is 10.8 Å². The Labute approximate surface area is 120 Å². The number of anilines is 1. The first-order valence-corrected chi connectivity index (χ1v) is 7.12. The molecule has 2 rings (SSSR count). The number of rotatable bonds is 7. The van der Waals surface area contributed by atoms with E-state index in [1.807, 2.05) is 6.92 Å². The molecule has 0 spiro atoms. The molecule has 0 bridgehead atoms. The first-order valence-electron chi connectivity index (χ1n) is 6.13. The van der Waals surface area contributed by atoms with Crippen LogP contribution in [0.15, 0.2) is 11.4 Å². The number of fused-ring (bicyclic) bond motifs is 1. The fourth-order valence-electron chi connectivity index (χ4n) is 1.61. The lowest BCUT2D eigenvalue weighted by Crippen LogP contribution is -2.20. The molecule has 0 aromatic carbocycles. The maximum absolute atomic E-state index is 9.21. The summed E-state index contributed by atoms with van der Waals surface area (Å²) in [5, 5.41) is 18.7. The molecule has 8 nitrogen and oxygen atoms in total. The molecule has 1 atom stereocenters. The number of nitrogens with zero attached hydrogens (tertiary/aromatic N) is 4. The van der Waals surface area contributed by atoms with Gasteiger partial charge in [-0.2, -0.15) is 4.98 Å². The second-order valence-corrected chi connectivity index (χ2v) is 5.30. The minimum absolute atomic E-state index is 0.0350. The summed E-state index contributed by atoms with van der Waals surface area (Å²) in [6.07, 6.45) is 0.694. The third-order valence-electron chi connectivity index (χ3n) is 2.48. The molecule has 0 radical (unpaired) electrons. The predicted octanol–water partition coefficient (Wildman–Crippen LogP) is -0.152. The van der Waals surface area contributed by atoms with Crippen molar-refractivity contribution in [3.8, 4) is 0 Å². The molecule has 110 valence electrons. The molecular weight excluding hydrogens is 282 g/mol. The molecular formula is C11H17N5O3S. The fourth-order valence-corrected chi connectivity index (χ4v) is 2.32. The monoisotopic (exact) mass is 299 g/mol. The zero-order chi connectivity index (χ0) is 14.5. The summed E-state index contributed by atoms with van der Waals surface area (Å²) in [6.45, 7) is 1.88. The highest BCUT2D eigenvalue weighted by molar-refractivity contribution is 7.99. The van der Waals surface area contributed by atoms with Crippen molar-refractivity contribution in [3.63, 3.8) is 0 Å². The first kappa shape index (κ1) is 15.0. The van der Waals surface area contributed by atoms with Gasteiger partial charge in [0.05, 0.1) is 19.5 Å². The second-order valence-electron chi connectivity index (χ2n) is 4.04. The van der Waals surface area contributed by atoms with Gasteiger partial charge in [-0.3, -0.25) is 4.57 Å². The molecule has 20 heavy (non-hydrogen) atoms. The summed E-state index contributed by atoms with van der Waals surface area (Å²) in [6, 6.07) is 0. The summed E-state index contributed by atoms with van der Waals surface area (Å²) >= 11 is 1.54. The fraction of sp³-hybridized carbons (Fsp3) is 0.545. The maximum Gasteiger partial charge on any atom is 0.223 e. The normalized spacial score (nSPS) is 12.9. The van der Waals surface area contributed by atoms with E-state index < -0.39 is 6.10 Å². The van der Waals surface area contributed by atoms with Gasteiger partial charge >= 0.3 is 0 Å². The molecule has 4 N–H and O–H groups in total. The van der Waals surface area contributed by atoms with Gasteiger partial charge < -0.3 is 20.7 Å². The molecule has 0 fully saturated rings. The SMILES string of the molecule is CCSc1nc(N)nc2c1ncn2COCC(O)CO. The van der Waals surface area contributed by atoms with Gasteiger partial charge in [-0.1, -0.05) is 6.92 Å². The van der Waals surface area contributed by atoms with Crippen LogP contribution in [0.2, 0.25) is 0 Å². The number of aliphatic hydroxyl groups excluding tert-OH is 2. The Morgan fingerprint density at radius 1 is 1.50 bits per heavy atom. The zero-order valence-corrected chi connectivity index (χ0v) is 11.9. The molecule has 0 saturated carbocycles. The van der Waals surface area contributed by atoms with Crippen molar-refractivity contribution in [3.05, 3.63) is 6.33 Å². The second kappa shape index (κ2) is 6.84. The standard InChI is InChI=1S/C11H17N5O3S/c1-2-20-10-8-9(14-11(12)15-10)16(5-13-8)6-19-4-7(18)3-17/h5,7,17-18H,2-4,6H2,1H3,(H2,12,14,15). The molecule has 0 aliphatic carbocycles. The van der Waals surface area contributed by atoms with E-state index in [0.29, 0.717) is 11.2 Å². The summed E-state index contributed by atoms with van der Waals surface area (Å²) < 4.78 is 6.96. The molecule has 9 heteroatoms. The maximum atomic E-state index is 9.21. The van der Waals surface area contributed by atoms with Gasteiger partial charge in [0.2, 0.25) is 5.95 Å². The predicted molar refractivity (Wildman–Crippen MR) is 75.2 cm³/mol. The smallest absolute Gasteiger partial charge is 0.223 e. The number of aromatic nitrogens is 4. The van der Waals surface area contributed by atoms with Crippen LogP contribution in [0, 0.1) is 0 Å². The Bertz CT molecular complexity index is 576. The quantitative estimate of drug-likeness (QED) is 0.477. The van der Waals surface area contributed by atoms with Gasteiger partial charge in [0, 0.05) is 0 Å². The highest BCUT2D eigenvalue weighted by atomic mass is 32.2. The van der Waals surface area contributed by atoms with Crippen LogP contribution in [0.5, 0.6) is 0 Å². The average molecular weight is 299 g/mol. The zero-order valence-electron chi connectivity index (χ0n) is 11.1. The van der Waals surface area contributed by atoms with Crippen molar-refractivity contribution in [2.24, 2.45) is 0 Å². The molecule has 2 aromatic heterocycles. The van der Waals surface area contributed by atoms with Crippen LogP contribution in [-0.4, -0.2) is 54.8 Å². The van der Waals surface area contributed by atoms with Crippen LogP contribution >= 0.6 is 11.8 Å². The van der Waals surface area contributed by atoms with Crippen LogP contribution in [0.1, 0.15) is 6.92 Å². The third-order valence-corrected chi connectivity index (χ3v) is 3.33. The third kappa shape index (κ3) is 3.37. The number of nitrogen functional groups attached to an aromatic ring is 1. The van der Waals surface area contributed by atoms with E-state index in [4.69, 9.17) is 15.6 Å². The van der Waals surface area contributed by atoms with E-state index in [1.54, 1.807) is 22.7 Å². The van der Waals surface area contributed by atoms with Crippen LogP contribution in [-0.2, 0) is 11.5 Å². The first-order chi connectivity index (χ1) is 9.65. The highest BCUT2D eigenvalue weighted by Crippen LogP contribution is 2.24. The lowest BCUT2D eigenvalue weighted by atomic mass is 10.4. The van der Waals surface area contributed by atoms with Crippen LogP contribution in [0.25, 0.3) is 11.2 Å². The summed E-state index contributed by atoms with van der Waals surface area (Å²) in [7, 11) is 0. The van der Waals surface area contributed by atoms with Crippen LogP contribution in [0.4, 0.5) is 5.95 Å².